The number of sulfonamides is 1. The van der Waals surface area contributed by atoms with E-state index in [2.05, 4.69) is 5.32 Å². The number of piperidine rings is 1. The number of anilines is 1. The Balaban J connectivity index is 1.47. The normalized spacial score (nSPS) is 19.7. The number of benzene rings is 2. The number of nitrogens with one attached hydrogen (secondary N) is 1. The Morgan fingerprint density at radius 3 is 2.34 bits per heavy atom. The minimum Gasteiger partial charge on any atom is -0.339 e. The summed E-state index contributed by atoms with van der Waals surface area (Å²) in [5, 5.41) is 2.85. The highest BCUT2D eigenvalue weighted by atomic mass is 32.2. The minimum absolute atomic E-state index is 0.00140. The average molecular weight is 460 g/mol. The van der Waals surface area contributed by atoms with Crippen molar-refractivity contribution in [1.29, 1.82) is 0 Å². The van der Waals surface area contributed by atoms with Crippen LogP contribution in [-0.4, -0.2) is 55.6 Å². The maximum absolute atomic E-state index is 13.2. The van der Waals surface area contributed by atoms with E-state index in [1.165, 1.54) is 16.4 Å². The van der Waals surface area contributed by atoms with Crippen LogP contribution in [-0.2, 0) is 14.8 Å². The van der Waals surface area contributed by atoms with Crippen molar-refractivity contribution in [3.63, 3.8) is 0 Å². The van der Waals surface area contributed by atoms with Crippen LogP contribution < -0.4 is 5.32 Å². The Morgan fingerprint density at radius 1 is 0.938 bits per heavy atom. The third-order valence-corrected chi connectivity index (χ3v) is 7.89. The number of likely N-dealkylation sites (tertiary alicyclic amines) is 1. The van der Waals surface area contributed by atoms with Crippen LogP contribution in [0.3, 0.4) is 0 Å². The quantitative estimate of drug-likeness (QED) is 0.745. The van der Waals surface area contributed by atoms with E-state index in [0.29, 0.717) is 43.7 Å². The molecule has 170 valence electrons. The largest absolute Gasteiger partial charge is 0.339 e. The number of nitrogens with zero attached hydrogens (tertiary/aromatic N) is 2. The summed E-state index contributed by atoms with van der Waals surface area (Å²) in [6.07, 6.45) is 3.03. The van der Waals surface area contributed by atoms with E-state index in [-0.39, 0.29) is 23.3 Å². The van der Waals surface area contributed by atoms with Crippen LogP contribution in [0.4, 0.5) is 10.1 Å². The van der Waals surface area contributed by atoms with E-state index in [9.17, 15) is 22.4 Å². The Morgan fingerprint density at radius 2 is 1.62 bits per heavy atom. The molecule has 2 aliphatic heterocycles. The summed E-state index contributed by atoms with van der Waals surface area (Å²) in [6, 6.07) is 11.6. The molecule has 1 atom stereocenters. The average Bonchev–Trinajstić information content (AvgIpc) is 3.34. The van der Waals surface area contributed by atoms with Crippen molar-refractivity contribution in [2.45, 2.75) is 30.6 Å². The van der Waals surface area contributed by atoms with Crippen molar-refractivity contribution in [3.8, 4) is 0 Å². The Hall–Kier alpha value is -2.78. The molecular formula is C23H26FN3O4S. The summed E-state index contributed by atoms with van der Waals surface area (Å²) in [7, 11) is -3.82. The predicted octanol–water partition coefficient (Wildman–Crippen LogP) is 3.10. The zero-order valence-electron chi connectivity index (χ0n) is 17.7. The van der Waals surface area contributed by atoms with Gasteiger partial charge in [0, 0.05) is 26.2 Å². The molecule has 0 bridgehead atoms. The second kappa shape index (κ2) is 9.38. The molecule has 2 aromatic rings. The van der Waals surface area contributed by atoms with E-state index >= 15 is 0 Å². The SMILES string of the molecule is O=C(Nc1ccccc1C(=O)N1CCCC1)[C@H]1CCCN(S(=O)(=O)c2ccc(F)cc2)C1. The van der Waals surface area contributed by atoms with Crippen molar-refractivity contribution in [2.75, 3.05) is 31.5 Å². The van der Waals surface area contributed by atoms with Crippen LogP contribution in [0.15, 0.2) is 53.4 Å². The zero-order chi connectivity index (χ0) is 22.7. The van der Waals surface area contributed by atoms with Gasteiger partial charge in [-0.05, 0) is 62.1 Å². The number of para-hydroxylation sites is 1. The molecule has 2 amide bonds. The van der Waals surface area contributed by atoms with E-state index in [1.54, 1.807) is 29.2 Å². The van der Waals surface area contributed by atoms with Crippen molar-refractivity contribution in [3.05, 3.63) is 59.9 Å². The first-order chi connectivity index (χ1) is 15.4. The first-order valence-corrected chi connectivity index (χ1v) is 12.2. The molecule has 2 aliphatic rings. The Bertz CT molecular complexity index is 1100. The molecule has 4 rings (SSSR count). The van der Waals surface area contributed by atoms with E-state index < -0.39 is 21.8 Å². The highest BCUT2D eigenvalue weighted by molar-refractivity contribution is 7.89. The van der Waals surface area contributed by atoms with Crippen LogP contribution in [0.2, 0.25) is 0 Å². The minimum atomic E-state index is -3.82. The maximum Gasteiger partial charge on any atom is 0.255 e. The third-order valence-electron chi connectivity index (χ3n) is 6.01. The summed E-state index contributed by atoms with van der Waals surface area (Å²) in [5.41, 5.74) is 0.877. The van der Waals surface area contributed by atoms with E-state index in [1.807, 2.05) is 0 Å². The van der Waals surface area contributed by atoms with E-state index in [0.717, 1.165) is 25.0 Å². The van der Waals surface area contributed by atoms with Gasteiger partial charge >= 0.3 is 0 Å². The van der Waals surface area contributed by atoms with Gasteiger partial charge in [-0.3, -0.25) is 9.59 Å². The smallest absolute Gasteiger partial charge is 0.255 e. The number of hydrogen-bond donors (Lipinski definition) is 1. The van der Waals surface area contributed by atoms with Crippen LogP contribution in [0.1, 0.15) is 36.0 Å². The first kappa shape index (κ1) is 22.4. The molecule has 32 heavy (non-hydrogen) atoms. The summed E-state index contributed by atoms with van der Waals surface area (Å²) in [5.74, 6) is -1.48. The lowest BCUT2D eigenvalue weighted by Crippen LogP contribution is -2.43. The van der Waals surface area contributed by atoms with Gasteiger partial charge < -0.3 is 10.2 Å². The molecule has 7 nitrogen and oxygen atoms in total. The Labute approximate surface area is 187 Å². The number of amides is 2. The molecule has 2 saturated heterocycles. The summed E-state index contributed by atoms with van der Waals surface area (Å²) in [6.45, 7) is 1.75. The molecule has 9 heteroatoms. The fraction of sp³-hybridized carbons (Fsp3) is 0.391. The van der Waals surface area contributed by atoms with Crippen LogP contribution >= 0.6 is 0 Å². The number of rotatable bonds is 5. The van der Waals surface area contributed by atoms with Gasteiger partial charge in [0.05, 0.1) is 22.1 Å². The van der Waals surface area contributed by atoms with Crippen molar-refractivity contribution >= 4 is 27.5 Å². The van der Waals surface area contributed by atoms with Gasteiger partial charge in [0.2, 0.25) is 15.9 Å². The lowest BCUT2D eigenvalue weighted by atomic mass is 9.98. The third kappa shape index (κ3) is 4.68. The van der Waals surface area contributed by atoms with Crippen LogP contribution in [0.25, 0.3) is 0 Å². The number of hydrogen-bond acceptors (Lipinski definition) is 4. The lowest BCUT2D eigenvalue weighted by molar-refractivity contribution is -0.120. The number of halogens is 1. The van der Waals surface area contributed by atoms with Crippen molar-refractivity contribution < 1.29 is 22.4 Å². The highest BCUT2D eigenvalue weighted by Gasteiger charge is 2.34. The van der Waals surface area contributed by atoms with Gasteiger partial charge in [-0.1, -0.05) is 12.1 Å². The standard InChI is InChI=1S/C23H26FN3O4S/c24-18-9-11-19(12-10-18)32(30,31)27-15-5-6-17(16-27)22(28)25-21-8-2-1-7-20(21)23(29)26-13-3-4-14-26/h1-2,7-12,17H,3-6,13-16H2,(H,25,28)/t17-/m0/s1. The molecule has 0 aliphatic carbocycles. The number of carbonyl (C=O) groups is 2. The van der Waals surface area contributed by atoms with Gasteiger partial charge in [-0.15, -0.1) is 0 Å². The van der Waals surface area contributed by atoms with Crippen LogP contribution in [0, 0.1) is 11.7 Å². The summed E-state index contributed by atoms with van der Waals surface area (Å²) < 4.78 is 40.3. The molecular weight excluding hydrogens is 433 g/mol. The van der Waals surface area contributed by atoms with Crippen molar-refractivity contribution in [2.24, 2.45) is 5.92 Å². The molecule has 2 aromatic carbocycles. The zero-order valence-corrected chi connectivity index (χ0v) is 18.5. The fourth-order valence-corrected chi connectivity index (χ4v) is 5.76. The molecule has 2 fully saturated rings. The van der Waals surface area contributed by atoms with Crippen LogP contribution in [0.5, 0.6) is 0 Å². The monoisotopic (exact) mass is 459 g/mol. The second-order valence-corrected chi connectivity index (χ2v) is 10.1. The molecule has 0 aromatic heterocycles. The molecule has 0 unspecified atom stereocenters. The lowest BCUT2D eigenvalue weighted by Gasteiger charge is -2.31. The van der Waals surface area contributed by atoms with Gasteiger partial charge in [0.1, 0.15) is 5.82 Å². The first-order valence-electron chi connectivity index (χ1n) is 10.8. The Kier molecular flexibility index (Phi) is 6.57. The highest BCUT2D eigenvalue weighted by Crippen LogP contribution is 2.26. The van der Waals surface area contributed by atoms with Gasteiger partial charge in [0.15, 0.2) is 0 Å². The van der Waals surface area contributed by atoms with Gasteiger partial charge in [-0.25, -0.2) is 12.8 Å². The topological polar surface area (TPSA) is 86.8 Å². The van der Waals surface area contributed by atoms with Gasteiger partial charge in [-0.2, -0.15) is 4.31 Å². The summed E-state index contributed by atoms with van der Waals surface area (Å²) in [4.78, 5) is 27.6. The molecule has 0 radical (unpaired) electrons. The van der Waals surface area contributed by atoms with Crippen molar-refractivity contribution in [1.82, 2.24) is 9.21 Å². The molecule has 1 N–H and O–H groups in total. The fourth-order valence-electron chi connectivity index (χ4n) is 4.23. The number of carbonyl (C=O) groups excluding carboxylic acids is 2. The molecule has 0 spiro atoms. The maximum atomic E-state index is 13.2. The second-order valence-electron chi connectivity index (χ2n) is 8.19. The molecule has 2 heterocycles. The van der Waals surface area contributed by atoms with E-state index in [4.69, 9.17) is 0 Å². The summed E-state index contributed by atoms with van der Waals surface area (Å²) >= 11 is 0. The van der Waals surface area contributed by atoms with Gasteiger partial charge in [0.25, 0.3) is 5.91 Å². The molecule has 0 saturated carbocycles. The predicted molar refractivity (Wildman–Crippen MR) is 118 cm³/mol.